The molecule has 0 aliphatic carbocycles. The number of anilines is 1. The minimum absolute atomic E-state index is 0.0890. The molecule has 3 N–H and O–H groups in total. The molecule has 1 aliphatic heterocycles. The van der Waals surface area contributed by atoms with E-state index in [4.69, 9.17) is 5.11 Å². The maximum atomic E-state index is 12.3. The van der Waals surface area contributed by atoms with Crippen molar-refractivity contribution in [1.82, 2.24) is 9.55 Å². The number of carboxylic acid groups (broad SMARTS) is 1. The Bertz CT molecular complexity index is 754. The van der Waals surface area contributed by atoms with E-state index in [0.717, 1.165) is 4.57 Å². The normalized spacial score (nSPS) is 16.6. The number of hydrogen-bond acceptors (Lipinski definition) is 5. The molecule has 0 bridgehead atoms. The number of aromatic nitrogens is 2. The molecule has 1 aliphatic rings. The molecule has 2 aromatic rings. The number of carboxylic acids is 1. The van der Waals surface area contributed by atoms with Crippen molar-refractivity contribution in [1.29, 1.82) is 0 Å². The summed E-state index contributed by atoms with van der Waals surface area (Å²) in [5.74, 6) is -0.761. The van der Waals surface area contributed by atoms with Crippen LogP contribution >= 0.6 is 0 Å². The predicted molar refractivity (Wildman–Crippen MR) is 70.6 cm³/mol. The van der Waals surface area contributed by atoms with Gasteiger partial charge in [-0.15, -0.1) is 0 Å². The molecule has 7 nitrogen and oxygen atoms in total. The number of nitrogens with zero attached hydrogens (tertiary/aromatic N) is 2. The van der Waals surface area contributed by atoms with Crippen LogP contribution in [-0.2, 0) is 0 Å². The highest BCUT2D eigenvalue weighted by atomic mass is 16.4. The molecular weight excluding hydrogens is 262 g/mol. The number of benzene rings is 1. The molecule has 0 spiro atoms. The van der Waals surface area contributed by atoms with Gasteiger partial charge in [-0.25, -0.2) is 14.3 Å². The van der Waals surface area contributed by atoms with E-state index in [1.807, 2.05) is 0 Å². The van der Waals surface area contributed by atoms with Crippen LogP contribution in [0.15, 0.2) is 35.3 Å². The zero-order valence-electron chi connectivity index (χ0n) is 10.3. The molecule has 102 valence electrons. The van der Waals surface area contributed by atoms with E-state index >= 15 is 0 Å². The van der Waals surface area contributed by atoms with Gasteiger partial charge in [-0.2, -0.15) is 0 Å². The summed E-state index contributed by atoms with van der Waals surface area (Å²) < 4.78 is 1.16. The molecule has 0 amide bonds. The van der Waals surface area contributed by atoms with Gasteiger partial charge in [0.1, 0.15) is 0 Å². The number of rotatable bonds is 2. The minimum Gasteiger partial charge on any atom is -0.478 e. The largest absolute Gasteiger partial charge is 0.478 e. The molecule has 1 atom stereocenters. The fourth-order valence-corrected chi connectivity index (χ4v) is 2.17. The number of aromatic carboxylic acids is 1. The number of β-amino-alcohol motifs (C(OH)–C–C–N with tert-alkyl or cyclic N) is 1. The fourth-order valence-electron chi connectivity index (χ4n) is 2.17. The van der Waals surface area contributed by atoms with Crippen molar-refractivity contribution in [3.63, 3.8) is 0 Å². The highest BCUT2D eigenvalue weighted by Gasteiger charge is 2.23. The van der Waals surface area contributed by atoms with Gasteiger partial charge in [0.05, 0.1) is 17.7 Å². The van der Waals surface area contributed by atoms with Gasteiger partial charge >= 0.3 is 5.97 Å². The lowest BCUT2D eigenvalue weighted by atomic mass is 10.1. The van der Waals surface area contributed by atoms with Crippen LogP contribution in [0.5, 0.6) is 0 Å². The highest BCUT2D eigenvalue weighted by molar-refractivity contribution is 5.89. The first-order valence-electron chi connectivity index (χ1n) is 5.95. The van der Waals surface area contributed by atoms with E-state index in [1.165, 1.54) is 18.3 Å². The molecule has 1 unspecified atom stereocenters. The molecule has 3 rings (SSSR count). The third-order valence-electron chi connectivity index (χ3n) is 3.15. The van der Waals surface area contributed by atoms with Crippen LogP contribution in [-0.4, -0.2) is 32.3 Å². The number of hydrogen-bond donors (Lipinski definition) is 3. The standard InChI is InChI=1S/C13H11N3O4/c17-10-6-15-13-14-5-9(11(18)16(10)13)7-2-1-3-8(4-7)12(19)20/h1-5,10,17H,6H2,(H,14,15)(H,19,20). The predicted octanol–water partition coefficient (Wildman–Crippen LogP) is 0.525. The summed E-state index contributed by atoms with van der Waals surface area (Å²) in [6, 6.07) is 6.04. The van der Waals surface area contributed by atoms with Crippen LogP contribution in [0.1, 0.15) is 16.6 Å². The quantitative estimate of drug-likeness (QED) is 0.737. The zero-order chi connectivity index (χ0) is 14.3. The summed E-state index contributed by atoms with van der Waals surface area (Å²) in [5.41, 5.74) is 0.387. The van der Waals surface area contributed by atoms with Crippen molar-refractivity contribution in [2.75, 3.05) is 11.9 Å². The van der Waals surface area contributed by atoms with Gasteiger partial charge in [-0.1, -0.05) is 12.1 Å². The zero-order valence-corrected chi connectivity index (χ0v) is 10.3. The molecule has 0 radical (unpaired) electrons. The van der Waals surface area contributed by atoms with Crippen molar-refractivity contribution in [2.45, 2.75) is 6.23 Å². The number of fused-ring (bicyclic) bond motifs is 1. The van der Waals surface area contributed by atoms with Crippen molar-refractivity contribution in [3.8, 4) is 11.1 Å². The topological polar surface area (TPSA) is 104 Å². The molecule has 0 saturated carbocycles. The number of carbonyl (C=O) groups is 1. The molecule has 0 fully saturated rings. The van der Waals surface area contributed by atoms with E-state index < -0.39 is 17.8 Å². The average Bonchev–Trinajstić information content (AvgIpc) is 2.82. The van der Waals surface area contributed by atoms with Crippen LogP contribution in [0.25, 0.3) is 11.1 Å². The summed E-state index contributed by atoms with van der Waals surface area (Å²) in [5, 5.41) is 21.5. The molecule has 1 aromatic heterocycles. The summed E-state index contributed by atoms with van der Waals surface area (Å²) in [6.45, 7) is 0.223. The molecule has 7 heteroatoms. The van der Waals surface area contributed by atoms with Crippen LogP contribution in [0, 0.1) is 0 Å². The summed E-state index contributed by atoms with van der Waals surface area (Å²) >= 11 is 0. The van der Waals surface area contributed by atoms with E-state index in [-0.39, 0.29) is 17.7 Å². The Morgan fingerprint density at radius 2 is 2.25 bits per heavy atom. The minimum atomic E-state index is -1.07. The number of aliphatic hydroxyl groups is 1. The van der Waals surface area contributed by atoms with Gasteiger partial charge in [-0.3, -0.25) is 4.79 Å². The molecule has 0 saturated heterocycles. The lowest BCUT2D eigenvalue weighted by Crippen LogP contribution is -2.24. The molecule has 1 aromatic carbocycles. The lowest BCUT2D eigenvalue weighted by molar-refractivity contribution is 0.0697. The molecule has 2 heterocycles. The molecular formula is C13H11N3O4. The van der Waals surface area contributed by atoms with Gasteiger partial charge in [0.15, 0.2) is 6.23 Å². The Morgan fingerprint density at radius 3 is 3.00 bits per heavy atom. The average molecular weight is 273 g/mol. The van der Waals surface area contributed by atoms with Gasteiger partial charge in [0.25, 0.3) is 5.56 Å². The van der Waals surface area contributed by atoms with Crippen molar-refractivity contribution < 1.29 is 15.0 Å². The Morgan fingerprint density at radius 1 is 1.45 bits per heavy atom. The number of nitrogens with one attached hydrogen (secondary N) is 1. The summed E-state index contributed by atoms with van der Waals surface area (Å²) in [6.07, 6.45) is 0.410. The van der Waals surface area contributed by atoms with Gasteiger partial charge in [-0.05, 0) is 17.7 Å². The first-order valence-corrected chi connectivity index (χ1v) is 5.95. The maximum absolute atomic E-state index is 12.3. The third kappa shape index (κ3) is 1.84. The second-order valence-electron chi connectivity index (χ2n) is 4.42. The molecule has 20 heavy (non-hydrogen) atoms. The van der Waals surface area contributed by atoms with Crippen LogP contribution < -0.4 is 10.9 Å². The smallest absolute Gasteiger partial charge is 0.335 e. The Labute approximate surface area is 113 Å². The van der Waals surface area contributed by atoms with E-state index in [0.29, 0.717) is 11.5 Å². The van der Waals surface area contributed by atoms with Crippen LogP contribution in [0.2, 0.25) is 0 Å². The van der Waals surface area contributed by atoms with Crippen LogP contribution in [0.3, 0.4) is 0 Å². The first-order chi connectivity index (χ1) is 9.58. The first kappa shape index (κ1) is 12.4. The third-order valence-corrected chi connectivity index (χ3v) is 3.15. The van der Waals surface area contributed by atoms with E-state index in [1.54, 1.807) is 12.1 Å². The lowest BCUT2D eigenvalue weighted by Gasteiger charge is -2.08. The Kier molecular flexibility index (Phi) is 2.76. The van der Waals surface area contributed by atoms with E-state index in [9.17, 15) is 14.7 Å². The highest BCUT2D eigenvalue weighted by Crippen LogP contribution is 2.21. The van der Waals surface area contributed by atoms with Crippen molar-refractivity contribution in [2.24, 2.45) is 0 Å². The van der Waals surface area contributed by atoms with Gasteiger partial charge in [0.2, 0.25) is 5.95 Å². The summed E-state index contributed by atoms with van der Waals surface area (Å²) in [4.78, 5) is 27.4. The summed E-state index contributed by atoms with van der Waals surface area (Å²) in [7, 11) is 0. The maximum Gasteiger partial charge on any atom is 0.335 e. The Hall–Kier alpha value is -2.67. The monoisotopic (exact) mass is 273 g/mol. The fraction of sp³-hybridized carbons (Fsp3) is 0.154. The second kappa shape index (κ2) is 4.46. The van der Waals surface area contributed by atoms with Gasteiger partial charge < -0.3 is 15.5 Å². The van der Waals surface area contributed by atoms with Crippen LogP contribution in [0.4, 0.5) is 5.95 Å². The van der Waals surface area contributed by atoms with Crippen molar-refractivity contribution >= 4 is 11.9 Å². The second-order valence-corrected chi connectivity index (χ2v) is 4.42. The van der Waals surface area contributed by atoms with Gasteiger partial charge in [0, 0.05) is 6.20 Å². The SMILES string of the molecule is O=C(O)c1cccc(-c2cnc3n(c2=O)C(O)CN3)c1. The van der Waals surface area contributed by atoms with Crippen molar-refractivity contribution in [3.05, 3.63) is 46.4 Å². The van der Waals surface area contributed by atoms with E-state index in [2.05, 4.69) is 10.3 Å². The Balaban J connectivity index is 2.17. The number of aliphatic hydroxyl groups excluding tert-OH is 1.